The maximum Gasteiger partial charge on any atom is 0.254 e. The zero-order valence-electron chi connectivity index (χ0n) is 17.8. The summed E-state index contributed by atoms with van der Waals surface area (Å²) in [5.74, 6) is 0.175. The highest BCUT2D eigenvalue weighted by molar-refractivity contribution is 6.07. The molecular weight excluding hydrogens is 372 g/mol. The molecule has 5 nitrogen and oxygen atoms in total. The van der Waals surface area contributed by atoms with Crippen molar-refractivity contribution in [3.63, 3.8) is 0 Å². The predicted molar refractivity (Wildman–Crippen MR) is 119 cm³/mol. The van der Waals surface area contributed by atoms with Gasteiger partial charge in [-0.2, -0.15) is 0 Å². The van der Waals surface area contributed by atoms with Gasteiger partial charge in [0.25, 0.3) is 5.91 Å². The maximum absolute atomic E-state index is 13.6. The van der Waals surface area contributed by atoms with E-state index in [4.69, 9.17) is 0 Å². The van der Waals surface area contributed by atoms with E-state index in [0.717, 1.165) is 48.2 Å². The summed E-state index contributed by atoms with van der Waals surface area (Å²) in [6.07, 6.45) is 10.1. The Labute approximate surface area is 178 Å². The van der Waals surface area contributed by atoms with Crippen LogP contribution in [-0.2, 0) is 13.6 Å². The number of hydrogen-bond donors (Lipinski definition) is 0. The van der Waals surface area contributed by atoms with Gasteiger partial charge in [-0.1, -0.05) is 55.7 Å². The summed E-state index contributed by atoms with van der Waals surface area (Å²) < 4.78 is 2.02. The number of nitrogens with zero attached hydrogens (tertiary/aromatic N) is 4. The molecule has 1 aliphatic heterocycles. The lowest BCUT2D eigenvalue weighted by molar-refractivity contribution is -0.0257. The van der Waals surface area contributed by atoms with Crippen LogP contribution in [0.5, 0.6) is 0 Å². The van der Waals surface area contributed by atoms with Gasteiger partial charge in [-0.3, -0.25) is 9.69 Å². The summed E-state index contributed by atoms with van der Waals surface area (Å²) in [6, 6.07) is 14.3. The van der Waals surface area contributed by atoms with Gasteiger partial charge in [0.2, 0.25) is 0 Å². The molecule has 2 heterocycles. The molecule has 0 radical (unpaired) electrons. The van der Waals surface area contributed by atoms with Crippen LogP contribution in [0.25, 0.3) is 10.8 Å². The summed E-state index contributed by atoms with van der Waals surface area (Å²) in [7, 11) is 2.02. The molecule has 1 saturated heterocycles. The third kappa shape index (κ3) is 3.52. The lowest BCUT2D eigenvalue weighted by Crippen LogP contribution is -2.63. The zero-order chi connectivity index (χ0) is 20.6. The summed E-state index contributed by atoms with van der Waals surface area (Å²) in [6.45, 7) is 3.38. The number of piperazine rings is 1. The standard InChI is InChI=1S/C25H30N4O/c1-27-16-21(26-19-27)17-29-15-14-28(18-25(29)12-5-2-6-13-25)24(30)23-11-7-9-20-8-3-4-10-22(20)23/h3-4,7-11,16,19H,2,5-6,12-15,17-18H2,1H3. The minimum absolute atomic E-state index is 0.0776. The van der Waals surface area contributed by atoms with Crippen molar-refractivity contribution in [2.24, 2.45) is 7.05 Å². The quantitative estimate of drug-likeness (QED) is 0.658. The van der Waals surface area contributed by atoms with Gasteiger partial charge in [0.1, 0.15) is 0 Å². The van der Waals surface area contributed by atoms with Crippen LogP contribution in [0.3, 0.4) is 0 Å². The second kappa shape index (κ2) is 7.88. The van der Waals surface area contributed by atoms with Crippen LogP contribution in [0.4, 0.5) is 0 Å². The fourth-order valence-corrected chi connectivity index (χ4v) is 5.44. The van der Waals surface area contributed by atoms with Crippen molar-refractivity contribution in [2.45, 2.75) is 44.2 Å². The fraction of sp³-hybridized carbons (Fsp3) is 0.440. The van der Waals surface area contributed by atoms with E-state index >= 15 is 0 Å². The van der Waals surface area contributed by atoms with E-state index in [1.54, 1.807) is 0 Å². The van der Waals surface area contributed by atoms with Gasteiger partial charge in [0.15, 0.2) is 0 Å². The van der Waals surface area contributed by atoms with E-state index < -0.39 is 0 Å². The topological polar surface area (TPSA) is 41.4 Å². The van der Waals surface area contributed by atoms with Gasteiger partial charge < -0.3 is 9.47 Å². The SMILES string of the molecule is Cn1cnc(CN2CCN(C(=O)c3cccc4ccccc34)CC23CCCCC3)c1. The van der Waals surface area contributed by atoms with E-state index in [-0.39, 0.29) is 11.4 Å². The molecule has 1 amide bonds. The lowest BCUT2D eigenvalue weighted by atomic mass is 9.78. The molecule has 1 saturated carbocycles. The van der Waals surface area contributed by atoms with E-state index in [2.05, 4.69) is 39.2 Å². The number of fused-ring (bicyclic) bond motifs is 1. The van der Waals surface area contributed by atoms with Gasteiger partial charge in [0, 0.05) is 50.5 Å². The van der Waals surface area contributed by atoms with Crippen LogP contribution in [0.15, 0.2) is 55.0 Å². The summed E-state index contributed by atoms with van der Waals surface area (Å²) in [4.78, 5) is 22.9. The Hall–Kier alpha value is -2.66. The van der Waals surface area contributed by atoms with Gasteiger partial charge in [-0.25, -0.2) is 4.98 Å². The fourth-order valence-electron chi connectivity index (χ4n) is 5.44. The predicted octanol–water partition coefficient (Wildman–Crippen LogP) is 4.23. The van der Waals surface area contributed by atoms with E-state index in [0.29, 0.717) is 0 Å². The number of amides is 1. The first-order chi connectivity index (χ1) is 14.6. The van der Waals surface area contributed by atoms with Crippen LogP contribution >= 0.6 is 0 Å². The molecule has 1 aliphatic carbocycles. The maximum atomic E-state index is 13.6. The number of hydrogen-bond acceptors (Lipinski definition) is 3. The van der Waals surface area contributed by atoms with Gasteiger partial charge in [-0.05, 0) is 29.7 Å². The normalized spacial score (nSPS) is 19.4. The van der Waals surface area contributed by atoms with E-state index in [9.17, 15) is 4.79 Å². The van der Waals surface area contributed by atoms with Gasteiger partial charge in [-0.15, -0.1) is 0 Å². The van der Waals surface area contributed by atoms with Crippen LogP contribution in [0, 0.1) is 0 Å². The van der Waals surface area contributed by atoms with Gasteiger partial charge >= 0.3 is 0 Å². The Morgan fingerprint density at radius 2 is 1.83 bits per heavy atom. The summed E-state index contributed by atoms with van der Waals surface area (Å²) >= 11 is 0. The van der Waals surface area contributed by atoms with Crippen LogP contribution in [0.1, 0.15) is 48.2 Å². The molecule has 0 N–H and O–H groups in total. The van der Waals surface area contributed by atoms with Crippen molar-refractivity contribution in [3.8, 4) is 0 Å². The highest BCUT2D eigenvalue weighted by atomic mass is 16.2. The summed E-state index contributed by atoms with van der Waals surface area (Å²) in [5, 5.41) is 2.18. The van der Waals surface area contributed by atoms with Crippen molar-refractivity contribution in [1.29, 1.82) is 0 Å². The van der Waals surface area contributed by atoms with Crippen molar-refractivity contribution >= 4 is 16.7 Å². The molecule has 1 aromatic heterocycles. The molecule has 30 heavy (non-hydrogen) atoms. The van der Waals surface area contributed by atoms with Crippen LogP contribution in [-0.4, -0.2) is 50.4 Å². The highest BCUT2D eigenvalue weighted by Crippen LogP contribution is 2.38. The molecule has 1 spiro atoms. The first-order valence-electron chi connectivity index (χ1n) is 11.1. The number of carbonyl (C=O) groups is 1. The average Bonchev–Trinajstić information content (AvgIpc) is 3.19. The third-order valence-electron chi connectivity index (χ3n) is 7.00. The molecule has 3 aromatic rings. The largest absolute Gasteiger partial charge is 0.340 e. The Morgan fingerprint density at radius 1 is 1.03 bits per heavy atom. The monoisotopic (exact) mass is 402 g/mol. The molecule has 156 valence electrons. The Kier molecular flexibility index (Phi) is 5.07. The molecule has 5 rings (SSSR count). The Bertz CT molecular complexity index is 1040. The van der Waals surface area contributed by atoms with Crippen molar-refractivity contribution < 1.29 is 4.79 Å². The average molecular weight is 403 g/mol. The van der Waals surface area contributed by atoms with Gasteiger partial charge in [0.05, 0.1) is 12.0 Å². The molecule has 0 bridgehead atoms. The van der Waals surface area contributed by atoms with Crippen molar-refractivity contribution in [2.75, 3.05) is 19.6 Å². The lowest BCUT2D eigenvalue weighted by Gasteiger charge is -2.52. The second-order valence-corrected chi connectivity index (χ2v) is 8.99. The third-order valence-corrected chi connectivity index (χ3v) is 7.00. The molecule has 0 atom stereocenters. The smallest absolute Gasteiger partial charge is 0.254 e. The molecule has 2 aromatic carbocycles. The number of aryl methyl sites for hydroxylation is 1. The molecule has 2 fully saturated rings. The van der Waals surface area contributed by atoms with Crippen LogP contribution < -0.4 is 0 Å². The van der Waals surface area contributed by atoms with Crippen LogP contribution in [0.2, 0.25) is 0 Å². The van der Waals surface area contributed by atoms with E-state index in [1.165, 1.54) is 32.1 Å². The minimum Gasteiger partial charge on any atom is -0.340 e. The first kappa shape index (κ1) is 19.3. The number of carbonyl (C=O) groups excluding carboxylic acids is 1. The Balaban J connectivity index is 1.42. The zero-order valence-corrected chi connectivity index (χ0v) is 17.8. The number of imidazole rings is 1. The summed E-state index contributed by atoms with van der Waals surface area (Å²) in [5.41, 5.74) is 2.03. The molecular formula is C25H30N4O. The highest BCUT2D eigenvalue weighted by Gasteiger charge is 2.43. The number of benzene rings is 2. The first-order valence-corrected chi connectivity index (χ1v) is 11.1. The molecule has 2 aliphatic rings. The molecule has 0 unspecified atom stereocenters. The molecule has 5 heteroatoms. The number of aromatic nitrogens is 2. The van der Waals surface area contributed by atoms with Crippen molar-refractivity contribution in [3.05, 3.63) is 66.2 Å². The number of rotatable bonds is 3. The van der Waals surface area contributed by atoms with E-state index in [1.807, 2.05) is 42.2 Å². The van der Waals surface area contributed by atoms with Crippen molar-refractivity contribution in [1.82, 2.24) is 19.4 Å². The Morgan fingerprint density at radius 3 is 2.63 bits per heavy atom. The second-order valence-electron chi connectivity index (χ2n) is 8.99. The minimum atomic E-state index is 0.0776.